The van der Waals surface area contributed by atoms with Crippen LogP contribution >= 0.6 is 0 Å². The molecule has 1 heterocycles. The third-order valence-electron chi connectivity index (χ3n) is 5.73. The van der Waals surface area contributed by atoms with Crippen LogP contribution in [0, 0.1) is 5.82 Å². The largest absolute Gasteiger partial charge is 0.493 e. The molecule has 36 heavy (non-hydrogen) atoms. The van der Waals surface area contributed by atoms with Gasteiger partial charge in [0.25, 0.3) is 5.91 Å². The molecule has 2 aromatic carbocycles. The van der Waals surface area contributed by atoms with Crippen molar-refractivity contribution in [1.29, 1.82) is 0 Å². The van der Waals surface area contributed by atoms with Crippen LogP contribution in [0.4, 0.5) is 9.18 Å². The van der Waals surface area contributed by atoms with E-state index in [1.54, 1.807) is 38.5 Å². The normalized spacial score (nSPS) is 15.0. The van der Waals surface area contributed by atoms with Crippen molar-refractivity contribution in [3.63, 3.8) is 0 Å². The number of urea groups is 1. The summed E-state index contributed by atoms with van der Waals surface area (Å²) in [7, 11) is 4.63. The molecular weight excluding hydrogens is 467 g/mol. The fourth-order valence-corrected chi connectivity index (χ4v) is 3.90. The highest BCUT2D eigenvalue weighted by molar-refractivity contribution is 6.03. The van der Waals surface area contributed by atoms with Gasteiger partial charge in [0.05, 0.1) is 32.6 Å². The summed E-state index contributed by atoms with van der Waals surface area (Å²) in [5, 5.41) is 8.82. The Labute approximate surface area is 210 Å². The maximum atomic E-state index is 13.5. The van der Waals surface area contributed by atoms with E-state index in [0.29, 0.717) is 29.2 Å². The highest BCUT2D eigenvalue weighted by Gasteiger charge is 2.35. The van der Waals surface area contributed by atoms with E-state index in [4.69, 9.17) is 14.2 Å². The molecule has 3 rings (SSSR count). The maximum Gasteiger partial charge on any atom is 0.318 e. The molecule has 2 aromatic rings. The van der Waals surface area contributed by atoms with E-state index in [2.05, 4.69) is 10.4 Å². The van der Waals surface area contributed by atoms with Gasteiger partial charge in [-0.1, -0.05) is 18.2 Å². The average Bonchev–Trinajstić information content (AvgIpc) is 3.31. The summed E-state index contributed by atoms with van der Waals surface area (Å²) in [4.78, 5) is 27.7. The van der Waals surface area contributed by atoms with Crippen molar-refractivity contribution in [3.05, 3.63) is 59.4 Å². The number of carbonyl (C=O) groups is 2. The summed E-state index contributed by atoms with van der Waals surface area (Å²) >= 11 is 0. The number of hydrazone groups is 1. The van der Waals surface area contributed by atoms with Gasteiger partial charge in [-0.3, -0.25) is 4.79 Å². The first-order valence-electron chi connectivity index (χ1n) is 11.7. The first-order valence-corrected chi connectivity index (χ1v) is 11.7. The average molecular weight is 501 g/mol. The molecule has 9 nitrogen and oxygen atoms in total. The van der Waals surface area contributed by atoms with Crippen molar-refractivity contribution in [3.8, 4) is 11.5 Å². The molecule has 10 heteroatoms. The van der Waals surface area contributed by atoms with E-state index >= 15 is 0 Å². The van der Waals surface area contributed by atoms with Gasteiger partial charge in [0.2, 0.25) is 0 Å². The summed E-state index contributed by atoms with van der Waals surface area (Å²) in [5.41, 5.74) is 2.14. The number of ether oxygens (including phenoxy) is 3. The Morgan fingerprint density at radius 3 is 2.42 bits per heavy atom. The Hall–Kier alpha value is -3.66. The summed E-state index contributed by atoms with van der Waals surface area (Å²) in [6.45, 7) is 4.03. The van der Waals surface area contributed by atoms with Crippen molar-refractivity contribution in [2.45, 2.75) is 32.4 Å². The lowest BCUT2D eigenvalue weighted by Gasteiger charge is -2.28. The zero-order chi connectivity index (χ0) is 26.2. The van der Waals surface area contributed by atoms with Crippen molar-refractivity contribution in [2.75, 3.05) is 41.0 Å². The molecule has 0 unspecified atom stereocenters. The third-order valence-corrected chi connectivity index (χ3v) is 5.73. The van der Waals surface area contributed by atoms with Crippen LogP contribution in [0.5, 0.6) is 11.5 Å². The standard InChI is InChI=1S/C26H33FN4O5/c1-17(2)28-26(33)30(12-13-34-3)16-25(32)31-22(19-8-11-23(35-4)24(14-19)36-5)15-21(29-31)18-6-9-20(27)10-7-18/h6-11,14,17,22H,12-13,15-16H2,1-5H3,(H,28,33)/t22-/m1/s1. The maximum absolute atomic E-state index is 13.5. The minimum absolute atomic E-state index is 0.0907. The number of benzene rings is 2. The van der Waals surface area contributed by atoms with Crippen LogP contribution in [0.2, 0.25) is 0 Å². The van der Waals surface area contributed by atoms with Crippen molar-refractivity contribution in [1.82, 2.24) is 15.2 Å². The molecule has 0 fully saturated rings. The SMILES string of the molecule is COCCN(CC(=O)N1N=C(c2ccc(F)cc2)C[C@@H]1c1ccc(OC)c(OC)c1)C(=O)NC(C)C. The third kappa shape index (κ3) is 6.51. The summed E-state index contributed by atoms with van der Waals surface area (Å²) in [5.74, 6) is 0.372. The second-order valence-corrected chi connectivity index (χ2v) is 8.64. The number of nitrogens with zero attached hydrogens (tertiary/aromatic N) is 3. The smallest absolute Gasteiger partial charge is 0.318 e. The molecule has 1 N–H and O–H groups in total. The van der Waals surface area contributed by atoms with E-state index < -0.39 is 6.04 Å². The van der Waals surface area contributed by atoms with E-state index in [-0.39, 0.29) is 43.5 Å². The first-order chi connectivity index (χ1) is 17.3. The van der Waals surface area contributed by atoms with Crippen molar-refractivity contribution in [2.24, 2.45) is 5.10 Å². The highest BCUT2D eigenvalue weighted by Crippen LogP contribution is 2.37. The van der Waals surface area contributed by atoms with Crippen molar-refractivity contribution >= 4 is 17.6 Å². The molecule has 194 valence electrons. The predicted octanol–water partition coefficient (Wildman–Crippen LogP) is 3.59. The van der Waals surface area contributed by atoms with Gasteiger partial charge in [0.1, 0.15) is 12.4 Å². The van der Waals surface area contributed by atoms with Crippen LogP contribution in [0.15, 0.2) is 47.6 Å². The Balaban J connectivity index is 1.94. The molecule has 0 saturated heterocycles. The topological polar surface area (TPSA) is 92.7 Å². The summed E-state index contributed by atoms with van der Waals surface area (Å²) in [6.07, 6.45) is 0.406. The Morgan fingerprint density at radius 1 is 1.11 bits per heavy atom. The van der Waals surface area contributed by atoms with E-state index in [0.717, 1.165) is 5.56 Å². The zero-order valence-electron chi connectivity index (χ0n) is 21.3. The highest BCUT2D eigenvalue weighted by atomic mass is 19.1. The van der Waals surface area contributed by atoms with Gasteiger partial charge in [0.15, 0.2) is 11.5 Å². The van der Waals surface area contributed by atoms with Gasteiger partial charge >= 0.3 is 6.03 Å². The Kier molecular flexibility index (Phi) is 9.24. The molecule has 0 radical (unpaired) electrons. The molecule has 1 atom stereocenters. The summed E-state index contributed by atoms with van der Waals surface area (Å²) < 4.78 is 29.4. The minimum atomic E-state index is -0.449. The van der Waals surface area contributed by atoms with Crippen LogP contribution in [0.1, 0.15) is 37.4 Å². The second kappa shape index (κ2) is 12.3. The number of rotatable bonds is 10. The molecule has 0 saturated carbocycles. The number of hydrogen-bond donors (Lipinski definition) is 1. The van der Waals surface area contributed by atoms with Crippen LogP contribution in [-0.2, 0) is 9.53 Å². The predicted molar refractivity (Wildman–Crippen MR) is 134 cm³/mol. The summed E-state index contributed by atoms with van der Waals surface area (Å²) in [6, 6.07) is 10.5. The van der Waals surface area contributed by atoms with Gasteiger partial charge in [0, 0.05) is 26.1 Å². The molecule has 1 aliphatic rings. The molecule has 1 aliphatic heterocycles. The molecule has 0 aromatic heterocycles. The number of halogens is 1. The zero-order valence-corrected chi connectivity index (χ0v) is 21.3. The fraction of sp³-hybridized carbons (Fsp3) is 0.423. The van der Waals surface area contributed by atoms with E-state index in [1.807, 2.05) is 19.9 Å². The van der Waals surface area contributed by atoms with Crippen LogP contribution in [0.3, 0.4) is 0 Å². The quantitative estimate of drug-likeness (QED) is 0.538. The lowest BCUT2D eigenvalue weighted by Crippen LogP contribution is -2.48. The van der Waals surface area contributed by atoms with Gasteiger partial charge in [-0.2, -0.15) is 5.10 Å². The van der Waals surface area contributed by atoms with E-state index in [9.17, 15) is 14.0 Å². The minimum Gasteiger partial charge on any atom is -0.493 e. The number of methoxy groups -OCH3 is 3. The lowest BCUT2D eigenvalue weighted by atomic mass is 9.98. The lowest BCUT2D eigenvalue weighted by molar-refractivity contribution is -0.133. The number of carbonyl (C=O) groups excluding carboxylic acids is 2. The van der Waals surface area contributed by atoms with Crippen LogP contribution in [-0.4, -0.2) is 74.6 Å². The molecule has 0 bridgehead atoms. The second-order valence-electron chi connectivity index (χ2n) is 8.64. The fourth-order valence-electron chi connectivity index (χ4n) is 3.90. The molecule has 3 amide bonds. The molecular formula is C26H33FN4O5. The van der Waals surface area contributed by atoms with Crippen LogP contribution < -0.4 is 14.8 Å². The number of amides is 3. The Bertz CT molecular complexity index is 1090. The first kappa shape index (κ1) is 26.9. The van der Waals surface area contributed by atoms with Crippen LogP contribution in [0.25, 0.3) is 0 Å². The van der Waals surface area contributed by atoms with Gasteiger partial charge in [-0.05, 0) is 49.2 Å². The molecule has 0 spiro atoms. The van der Waals surface area contributed by atoms with E-state index in [1.165, 1.54) is 29.2 Å². The monoisotopic (exact) mass is 500 g/mol. The van der Waals surface area contributed by atoms with Gasteiger partial charge in [-0.15, -0.1) is 0 Å². The Morgan fingerprint density at radius 2 is 1.81 bits per heavy atom. The van der Waals surface area contributed by atoms with Gasteiger partial charge < -0.3 is 24.4 Å². The van der Waals surface area contributed by atoms with Crippen molar-refractivity contribution < 1.29 is 28.2 Å². The number of hydrogen-bond acceptors (Lipinski definition) is 6. The number of nitrogens with one attached hydrogen (secondary N) is 1. The van der Waals surface area contributed by atoms with Gasteiger partial charge in [-0.25, -0.2) is 14.2 Å². The molecule has 0 aliphatic carbocycles.